The van der Waals surface area contributed by atoms with Gasteiger partial charge in [0, 0.05) is 0 Å². The summed E-state index contributed by atoms with van der Waals surface area (Å²) in [6, 6.07) is 0. The Kier molecular flexibility index (Phi) is 16.9. The highest BCUT2D eigenvalue weighted by atomic mass is 16.5. The Morgan fingerprint density at radius 3 is 1.65 bits per heavy atom. The van der Waals surface area contributed by atoms with Crippen LogP contribution in [0.3, 0.4) is 0 Å². The molecule has 0 aromatic heterocycles. The Hall–Kier alpha value is -0.0800. The highest BCUT2D eigenvalue weighted by molar-refractivity contribution is 4.60. The van der Waals surface area contributed by atoms with E-state index >= 15 is 0 Å². The van der Waals surface area contributed by atoms with Crippen molar-refractivity contribution in [1.29, 1.82) is 0 Å². The molecule has 20 heavy (non-hydrogen) atoms. The number of aliphatic hydroxyl groups excluding tert-OH is 1. The molecule has 0 aromatic carbocycles. The lowest BCUT2D eigenvalue weighted by Gasteiger charge is -2.17. The number of aliphatic hydroxyl groups is 1. The molecule has 0 saturated carbocycles. The second-order valence-corrected chi connectivity index (χ2v) is 5.98. The molecule has 0 saturated heterocycles. The maximum absolute atomic E-state index is 8.89. The van der Waals surface area contributed by atoms with Crippen molar-refractivity contribution < 1.29 is 9.84 Å². The quantitative estimate of drug-likeness (QED) is 0.381. The number of ether oxygens (including phenoxy) is 1. The van der Waals surface area contributed by atoms with Crippen LogP contribution < -0.4 is 0 Å². The molecule has 0 radical (unpaired) electrons. The van der Waals surface area contributed by atoms with E-state index in [1.165, 1.54) is 83.5 Å². The predicted octanol–water partition coefficient (Wildman–Crippen LogP) is 5.48. The minimum Gasteiger partial charge on any atom is -0.394 e. The van der Waals surface area contributed by atoms with Crippen molar-refractivity contribution in [2.45, 2.75) is 103 Å². The van der Waals surface area contributed by atoms with Crippen LogP contribution in [0.15, 0.2) is 0 Å². The summed E-state index contributed by atoms with van der Waals surface area (Å²) in [6.07, 6.45) is 17.5. The molecular formula is C18H38O2. The van der Waals surface area contributed by atoms with Gasteiger partial charge in [-0.2, -0.15) is 0 Å². The number of unbranched alkanes of at least 4 members (excludes halogenated alkanes) is 9. The Morgan fingerprint density at radius 1 is 0.700 bits per heavy atom. The van der Waals surface area contributed by atoms with E-state index in [9.17, 15) is 0 Å². The minimum absolute atomic E-state index is 0.155. The molecule has 0 rings (SSSR count). The largest absolute Gasteiger partial charge is 0.394 e. The lowest BCUT2D eigenvalue weighted by atomic mass is 10.0. The molecule has 2 heteroatoms. The molecule has 0 heterocycles. The first-order chi connectivity index (χ1) is 9.85. The summed E-state index contributed by atoms with van der Waals surface area (Å²) >= 11 is 0. The monoisotopic (exact) mass is 286 g/mol. The molecule has 0 aromatic rings. The van der Waals surface area contributed by atoms with E-state index in [1.54, 1.807) is 0 Å². The number of hydrogen-bond donors (Lipinski definition) is 1. The third-order valence-corrected chi connectivity index (χ3v) is 3.95. The van der Waals surface area contributed by atoms with Crippen LogP contribution in [0, 0.1) is 0 Å². The molecule has 0 aliphatic heterocycles. The van der Waals surface area contributed by atoms with Crippen molar-refractivity contribution in [3.8, 4) is 0 Å². The third kappa shape index (κ3) is 14.3. The zero-order chi connectivity index (χ0) is 14.9. The van der Waals surface area contributed by atoms with E-state index in [0.717, 1.165) is 0 Å². The fourth-order valence-corrected chi connectivity index (χ4v) is 2.66. The van der Waals surface area contributed by atoms with Crippen LogP contribution in [0.25, 0.3) is 0 Å². The fraction of sp³-hybridized carbons (Fsp3) is 1.00. The van der Waals surface area contributed by atoms with Gasteiger partial charge in [0.05, 0.1) is 19.3 Å². The molecule has 0 bridgehead atoms. The highest BCUT2D eigenvalue weighted by Crippen LogP contribution is 2.16. The second-order valence-electron chi connectivity index (χ2n) is 5.98. The van der Waals surface area contributed by atoms with E-state index < -0.39 is 0 Å². The lowest BCUT2D eigenvalue weighted by molar-refractivity contribution is 0.0167. The molecule has 0 aliphatic rings. The average molecular weight is 286 g/mol. The first-order valence-electron chi connectivity index (χ1n) is 9.07. The highest BCUT2D eigenvalue weighted by Gasteiger charge is 2.08. The Balaban J connectivity index is 3.53. The number of rotatable bonds is 16. The summed E-state index contributed by atoms with van der Waals surface area (Å²) in [7, 11) is 0. The first kappa shape index (κ1) is 19.9. The number of hydrogen-bond acceptors (Lipinski definition) is 2. The van der Waals surface area contributed by atoms with Crippen LogP contribution in [0.1, 0.15) is 97.3 Å². The summed E-state index contributed by atoms with van der Waals surface area (Å²) in [6.45, 7) is 5.18. The van der Waals surface area contributed by atoms with Crippen molar-refractivity contribution in [2.75, 3.05) is 13.2 Å². The van der Waals surface area contributed by atoms with Crippen LogP contribution in [-0.2, 0) is 4.74 Å². The molecule has 0 spiro atoms. The molecule has 0 aliphatic carbocycles. The Labute approximate surface area is 127 Å². The van der Waals surface area contributed by atoms with Crippen molar-refractivity contribution in [3.05, 3.63) is 0 Å². The molecule has 2 nitrogen and oxygen atoms in total. The Bertz CT molecular complexity index is 171. The van der Waals surface area contributed by atoms with Gasteiger partial charge in [-0.15, -0.1) is 0 Å². The van der Waals surface area contributed by atoms with Crippen molar-refractivity contribution in [1.82, 2.24) is 0 Å². The van der Waals surface area contributed by atoms with Gasteiger partial charge in [-0.25, -0.2) is 0 Å². The summed E-state index contributed by atoms with van der Waals surface area (Å²) in [5, 5.41) is 8.89. The van der Waals surface area contributed by atoms with Gasteiger partial charge in [0.15, 0.2) is 0 Å². The van der Waals surface area contributed by atoms with Crippen molar-refractivity contribution in [3.63, 3.8) is 0 Å². The molecule has 122 valence electrons. The summed E-state index contributed by atoms with van der Waals surface area (Å²) < 4.78 is 5.77. The van der Waals surface area contributed by atoms with Crippen LogP contribution in [0.4, 0.5) is 0 Å². The first-order valence-corrected chi connectivity index (χ1v) is 9.07. The van der Waals surface area contributed by atoms with Crippen LogP contribution in [0.2, 0.25) is 0 Å². The van der Waals surface area contributed by atoms with Crippen molar-refractivity contribution in [2.24, 2.45) is 0 Å². The zero-order valence-corrected chi connectivity index (χ0v) is 14.0. The zero-order valence-electron chi connectivity index (χ0n) is 14.0. The van der Waals surface area contributed by atoms with Gasteiger partial charge < -0.3 is 9.84 Å². The maximum Gasteiger partial charge on any atom is 0.0701 e. The van der Waals surface area contributed by atoms with Gasteiger partial charge in [0.2, 0.25) is 0 Å². The van der Waals surface area contributed by atoms with Gasteiger partial charge in [-0.05, 0) is 12.8 Å². The molecule has 0 fully saturated rings. The van der Waals surface area contributed by atoms with Gasteiger partial charge in [-0.3, -0.25) is 0 Å². The smallest absolute Gasteiger partial charge is 0.0701 e. The topological polar surface area (TPSA) is 29.5 Å². The normalized spacial score (nSPS) is 12.8. The standard InChI is InChI=1S/C18H38O2/c1-3-5-7-9-10-11-13-15-18(20-17-16-19)14-12-8-6-4-2/h18-19H,3-17H2,1-2H3. The van der Waals surface area contributed by atoms with Crippen LogP contribution in [-0.4, -0.2) is 24.4 Å². The molecular weight excluding hydrogens is 248 g/mol. The molecule has 1 unspecified atom stereocenters. The predicted molar refractivity (Wildman–Crippen MR) is 88.2 cm³/mol. The van der Waals surface area contributed by atoms with Crippen LogP contribution in [0.5, 0.6) is 0 Å². The van der Waals surface area contributed by atoms with E-state index in [4.69, 9.17) is 9.84 Å². The molecule has 0 amide bonds. The minimum atomic E-state index is 0.155. The van der Waals surface area contributed by atoms with Crippen LogP contribution >= 0.6 is 0 Å². The summed E-state index contributed by atoms with van der Waals surface area (Å²) in [5.74, 6) is 0. The van der Waals surface area contributed by atoms with Gasteiger partial charge >= 0.3 is 0 Å². The maximum atomic E-state index is 8.89. The second kappa shape index (κ2) is 17.0. The summed E-state index contributed by atoms with van der Waals surface area (Å²) in [4.78, 5) is 0. The van der Waals surface area contributed by atoms with E-state index in [2.05, 4.69) is 13.8 Å². The third-order valence-electron chi connectivity index (χ3n) is 3.95. The van der Waals surface area contributed by atoms with Gasteiger partial charge in [-0.1, -0.05) is 84.5 Å². The van der Waals surface area contributed by atoms with Crippen molar-refractivity contribution >= 4 is 0 Å². The Morgan fingerprint density at radius 2 is 1.15 bits per heavy atom. The van der Waals surface area contributed by atoms with E-state index in [1.807, 2.05) is 0 Å². The SMILES string of the molecule is CCCCCCCCCC(CCCCCC)OCCO. The lowest BCUT2D eigenvalue weighted by Crippen LogP contribution is -2.15. The van der Waals surface area contributed by atoms with Gasteiger partial charge in [0.1, 0.15) is 0 Å². The van der Waals surface area contributed by atoms with E-state index in [0.29, 0.717) is 12.7 Å². The van der Waals surface area contributed by atoms with Gasteiger partial charge in [0.25, 0.3) is 0 Å². The molecule has 1 N–H and O–H groups in total. The van der Waals surface area contributed by atoms with E-state index in [-0.39, 0.29) is 6.61 Å². The molecule has 1 atom stereocenters. The fourth-order valence-electron chi connectivity index (χ4n) is 2.66. The summed E-state index contributed by atoms with van der Waals surface area (Å²) in [5.41, 5.74) is 0. The average Bonchev–Trinajstić information content (AvgIpc) is 2.47.